The number of benzene rings is 2. The van der Waals surface area contributed by atoms with Crippen molar-refractivity contribution in [1.82, 2.24) is 15.4 Å². The molecular weight excluding hydrogens is 389 g/mol. The molecule has 0 spiro atoms. The highest BCUT2D eigenvalue weighted by Crippen LogP contribution is 2.18. The van der Waals surface area contributed by atoms with Crippen LogP contribution in [0.5, 0.6) is 0 Å². The van der Waals surface area contributed by atoms with Crippen LogP contribution in [0.1, 0.15) is 39.1 Å². The van der Waals surface area contributed by atoms with Crippen LogP contribution in [0.2, 0.25) is 0 Å². The van der Waals surface area contributed by atoms with Crippen LogP contribution in [0, 0.1) is 12.7 Å². The number of thiazole rings is 1. The van der Waals surface area contributed by atoms with E-state index in [9.17, 15) is 9.18 Å². The lowest BCUT2D eigenvalue weighted by atomic mass is 10.1. The van der Waals surface area contributed by atoms with Crippen molar-refractivity contribution in [2.24, 2.45) is 0 Å². The van der Waals surface area contributed by atoms with Gasteiger partial charge in [0, 0.05) is 18.5 Å². The molecule has 3 aromatic rings. The average Bonchev–Trinajstić information content (AvgIpc) is 3.18. The number of hydrogen-bond acceptors (Lipinski definition) is 5. The summed E-state index contributed by atoms with van der Waals surface area (Å²) in [6.07, 6.45) is 0. The molecule has 5 nitrogen and oxygen atoms in total. The summed E-state index contributed by atoms with van der Waals surface area (Å²) in [5, 5.41) is 2.56. The van der Waals surface area contributed by atoms with Gasteiger partial charge in [-0.05, 0) is 37.1 Å². The summed E-state index contributed by atoms with van der Waals surface area (Å²) in [5.41, 5.74) is 6.12. The number of hydroxylamine groups is 1. The molecule has 1 aromatic heterocycles. The predicted molar refractivity (Wildman–Crippen MR) is 112 cm³/mol. The minimum atomic E-state index is -0.349. The third kappa shape index (κ3) is 6.45. The van der Waals surface area contributed by atoms with E-state index in [2.05, 4.69) is 46.6 Å². The SMILES string of the molecule is CCONC(=O)c1csc(CN(Cc2ccc(C)cc2)Cc2ccc(F)cc2)n1. The van der Waals surface area contributed by atoms with E-state index in [0.29, 0.717) is 25.4 Å². The Morgan fingerprint density at radius 1 is 1.07 bits per heavy atom. The Morgan fingerprint density at radius 2 is 1.69 bits per heavy atom. The Kier molecular flexibility index (Phi) is 7.46. The second-order valence-corrected chi connectivity index (χ2v) is 7.69. The van der Waals surface area contributed by atoms with E-state index in [1.807, 2.05) is 0 Å². The molecule has 1 N–H and O–H groups in total. The number of nitrogens with zero attached hydrogens (tertiary/aromatic N) is 2. The number of carbonyl (C=O) groups excluding carboxylic acids is 1. The molecule has 0 unspecified atom stereocenters. The summed E-state index contributed by atoms with van der Waals surface area (Å²) >= 11 is 1.44. The van der Waals surface area contributed by atoms with Gasteiger partial charge in [-0.1, -0.05) is 42.0 Å². The monoisotopic (exact) mass is 413 g/mol. The number of hydrogen-bond donors (Lipinski definition) is 1. The Bertz CT molecular complexity index is 878. The summed E-state index contributed by atoms with van der Waals surface area (Å²) in [6, 6.07) is 14.9. The fourth-order valence-corrected chi connectivity index (χ4v) is 3.65. The number of nitrogens with one attached hydrogen (secondary N) is 1. The Balaban J connectivity index is 1.73. The summed E-state index contributed by atoms with van der Waals surface area (Å²) < 4.78 is 13.3. The summed E-state index contributed by atoms with van der Waals surface area (Å²) in [6.45, 7) is 6.20. The third-order valence-corrected chi connectivity index (χ3v) is 5.13. The van der Waals surface area contributed by atoms with Crippen LogP contribution in [0.25, 0.3) is 0 Å². The first-order valence-corrected chi connectivity index (χ1v) is 10.3. The Morgan fingerprint density at radius 3 is 2.31 bits per heavy atom. The van der Waals surface area contributed by atoms with Crippen LogP contribution in [-0.2, 0) is 24.5 Å². The second kappa shape index (κ2) is 10.2. The topological polar surface area (TPSA) is 54.5 Å². The first-order chi connectivity index (χ1) is 14.0. The molecule has 1 heterocycles. The molecule has 1 amide bonds. The highest BCUT2D eigenvalue weighted by atomic mass is 32.1. The standard InChI is InChI=1S/C22H24FN3O2S/c1-3-28-25-22(27)20-15-29-21(24-20)14-26(12-17-6-4-16(2)5-7-17)13-18-8-10-19(23)11-9-18/h4-11,15H,3,12-14H2,1-2H3,(H,25,27). The van der Waals surface area contributed by atoms with Crippen molar-refractivity contribution in [2.75, 3.05) is 6.61 Å². The van der Waals surface area contributed by atoms with Crippen molar-refractivity contribution in [3.05, 3.63) is 87.1 Å². The lowest BCUT2D eigenvalue weighted by Gasteiger charge is -2.21. The largest absolute Gasteiger partial charge is 0.294 e. The van der Waals surface area contributed by atoms with Gasteiger partial charge in [0.05, 0.1) is 13.2 Å². The molecule has 152 valence electrons. The molecule has 0 saturated carbocycles. The van der Waals surface area contributed by atoms with Gasteiger partial charge in [-0.3, -0.25) is 14.5 Å². The van der Waals surface area contributed by atoms with Gasteiger partial charge in [-0.2, -0.15) is 0 Å². The lowest BCUT2D eigenvalue weighted by molar-refractivity contribution is 0.0360. The normalized spacial score (nSPS) is 11.0. The second-order valence-electron chi connectivity index (χ2n) is 6.75. The minimum absolute atomic E-state index is 0.247. The highest BCUT2D eigenvalue weighted by Gasteiger charge is 2.14. The highest BCUT2D eigenvalue weighted by molar-refractivity contribution is 7.09. The summed E-state index contributed by atoms with van der Waals surface area (Å²) in [7, 11) is 0. The van der Waals surface area contributed by atoms with E-state index in [1.165, 1.54) is 34.6 Å². The van der Waals surface area contributed by atoms with Crippen molar-refractivity contribution in [2.45, 2.75) is 33.5 Å². The van der Waals surface area contributed by atoms with Gasteiger partial charge in [-0.15, -0.1) is 11.3 Å². The summed E-state index contributed by atoms with van der Waals surface area (Å²) in [5.74, 6) is -0.596. The third-order valence-electron chi connectivity index (χ3n) is 4.30. The van der Waals surface area contributed by atoms with Crippen molar-refractivity contribution >= 4 is 17.2 Å². The maximum absolute atomic E-state index is 13.3. The van der Waals surface area contributed by atoms with Crippen LogP contribution in [0.3, 0.4) is 0 Å². The van der Waals surface area contributed by atoms with Gasteiger partial charge >= 0.3 is 0 Å². The van der Waals surface area contributed by atoms with Crippen LogP contribution in [0.15, 0.2) is 53.9 Å². The fraction of sp³-hybridized carbons (Fsp3) is 0.273. The molecule has 29 heavy (non-hydrogen) atoms. The Hall–Kier alpha value is -2.61. The smallest absolute Gasteiger partial charge is 0.288 e. The zero-order chi connectivity index (χ0) is 20.6. The molecule has 2 aromatic carbocycles. The maximum Gasteiger partial charge on any atom is 0.294 e. The molecule has 0 radical (unpaired) electrons. The molecule has 0 fully saturated rings. The van der Waals surface area contributed by atoms with Gasteiger partial charge in [0.15, 0.2) is 0 Å². The molecule has 0 bridgehead atoms. The molecule has 3 rings (SSSR count). The molecule has 0 aliphatic heterocycles. The number of carbonyl (C=O) groups is 1. The van der Waals surface area contributed by atoms with Gasteiger partial charge in [0.25, 0.3) is 5.91 Å². The average molecular weight is 414 g/mol. The zero-order valence-corrected chi connectivity index (χ0v) is 17.3. The van der Waals surface area contributed by atoms with E-state index < -0.39 is 0 Å². The van der Waals surface area contributed by atoms with Crippen LogP contribution in [0.4, 0.5) is 4.39 Å². The Labute approximate surface area is 174 Å². The lowest BCUT2D eigenvalue weighted by Crippen LogP contribution is -2.24. The number of rotatable bonds is 9. The van der Waals surface area contributed by atoms with Crippen molar-refractivity contribution in [1.29, 1.82) is 0 Å². The van der Waals surface area contributed by atoms with Crippen LogP contribution >= 0.6 is 11.3 Å². The van der Waals surface area contributed by atoms with Gasteiger partial charge < -0.3 is 0 Å². The molecule has 0 aliphatic carbocycles. The maximum atomic E-state index is 13.3. The first kappa shape index (κ1) is 21.1. The van der Waals surface area contributed by atoms with E-state index in [1.54, 1.807) is 24.4 Å². The van der Waals surface area contributed by atoms with E-state index in [0.717, 1.165) is 17.1 Å². The van der Waals surface area contributed by atoms with Crippen molar-refractivity contribution < 1.29 is 14.0 Å². The number of aromatic nitrogens is 1. The van der Waals surface area contributed by atoms with E-state index in [4.69, 9.17) is 4.84 Å². The van der Waals surface area contributed by atoms with E-state index >= 15 is 0 Å². The van der Waals surface area contributed by atoms with Crippen molar-refractivity contribution in [3.8, 4) is 0 Å². The number of amides is 1. The van der Waals surface area contributed by atoms with Gasteiger partial charge in [-0.25, -0.2) is 14.9 Å². The minimum Gasteiger partial charge on any atom is -0.288 e. The van der Waals surface area contributed by atoms with Gasteiger partial charge in [0.2, 0.25) is 0 Å². The van der Waals surface area contributed by atoms with Crippen LogP contribution < -0.4 is 5.48 Å². The molecule has 0 saturated heterocycles. The van der Waals surface area contributed by atoms with Crippen LogP contribution in [-0.4, -0.2) is 22.4 Å². The molecular formula is C22H24FN3O2S. The fourth-order valence-electron chi connectivity index (χ4n) is 2.84. The predicted octanol–water partition coefficient (Wildman–Crippen LogP) is 4.47. The zero-order valence-electron chi connectivity index (χ0n) is 16.5. The van der Waals surface area contributed by atoms with Crippen molar-refractivity contribution in [3.63, 3.8) is 0 Å². The quantitative estimate of drug-likeness (QED) is 0.526. The summed E-state index contributed by atoms with van der Waals surface area (Å²) in [4.78, 5) is 23.6. The molecule has 7 heteroatoms. The van der Waals surface area contributed by atoms with Gasteiger partial charge in [0.1, 0.15) is 16.5 Å². The first-order valence-electron chi connectivity index (χ1n) is 9.42. The number of aryl methyl sites for hydroxylation is 1. The number of halogens is 1. The van der Waals surface area contributed by atoms with E-state index in [-0.39, 0.29) is 11.7 Å². The molecule has 0 aliphatic rings. The molecule has 0 atom stereocenters.